The first-order valence-electron chi connectivity index (χ1n) is 8.53. The maximum absolute atomic E-state index is 12.5. The molecule has 2 aromatic carbocycles. The molecule has 1 amide bonds. The van der Waals surface area contributed by atoms with E-state index < -0.39 is 0 Å². The van der Waals surface area contributed by atoms with Gasteiger partial charge in [0.05, 0.1) is 0 Å². The minimum atomic E-state index is 0.222. The van der Waals surface area contributed by atoms with Gasteiger partial charge in [0.15, 0.2) is 11.5 Å². The molecule has 124 valence electrons. The first kappa shape index (κ1) is 15.1. The lowest BCUT2D eigenvalue weighted by Gasteiger charge is -2.30. The summed E-state index contributed by atoms with van der Waals surface area (Å²) in [6.07, 6.45) is 2.23. The Balaban J connectivity index is 1.43. The molecule has 2 heterocycles. The highest BCUT2D eigenvalue weighted by atomic mass is 16.6. The SMILES string of the molecule is O=C(CCc1ccccc1)N1CCc2cc3c(cc2C1)OCCO3. The predicted octanol–water partition coefficient (Wildman–Crippen LogP) is 2.98. The number of nitrogens with zero attached hydrogens (tertiary/aromatic N) is 1. The monoisotopic (exact) mass is 323 g/mol. The molecule has 0 aliphatic carbocycles. The Bertz CT molecular complexity index is 742. The van der Waals surface area contributed by atoms with E-state index in [4.69, 9.17) is 9.47 Å². The molecule has 0 aromatic heterocycles. The van der Waals surface area contributed by atoms with Crippen LogP contribution in [0.25, 0.3) is 0 Å². The smallest absolute Gasteiger partial charge is 0.223 e. The number of hydrogen-bond acceptors (Lipinski definition) is 3. The topological polar surface area (TPSA) is 38.8 Å². The van der Waals surface area contributed by atoms with Crippen molar-refractivity contribution in [3.05, 3.63) is 59.2 Å². The van der Waals surface area contributed by atoms with Crippen LogP contribution in [0, 0.1) is 0 Å². The average molecular weight is 323 g/mol. The van der Waals surface area contributed by atoms with Gasteiger partial charge in [-0.2, -0.15) is 0 Å². The zero-order chi connectivity index (χ0) is 16.4. The number of aryl methyl sites for hydroxylation is 1. The summed E-state index contributed by atoms with van der Waals surface area (Å²) in [4.78, 5) is 14.5. The molecule has 0 N–H and O–H groups in total. The lowest BCUT2D eigenvalue weighted by Crippen LogP contribution is -2.36. The van der Waals surface area contributed by atoms with Crippen molar-refractivity contribution >= 4 is 5.91 Å². The Morgan fingerprint density at radius 1 is 1.00 bits per heavy atom. The number of carbonyl (C=O) groups excluding carboxylic acids is 1. The fourth-order valence-corrected chi connectivity index (χ4v) is 3.36. The third-order valence-corrected chi connectivity index (χ3v) is 4.70. The summed E-state index contributed by atoms with van der Waals surface area (Å²) in [7, 11) is 0. The predicted molar refractivity (Wildman–Crippen MR) is 91.3 cm³/mol. The largest absolute Gasteiger partial charge is 0.486 e. The van der Waals surface area contributed by atoms with E-state index in [2.05, 4.69) is 18.2 Å². The van der Waals surface area contributed by atoms with E-state index in [1.807, 2.05) is 29.2 Å². The Kier molecular flexibility index (Phi) is 4.11. The summed E-state index contributed by atoms with van der Waals surface area (Å²) in [6.45, 7) is 2.64. The van der Waals surface area contributed by atoms with Crippen LogP contribution in [0.1, 0.15) is 23.1 Å². The van der Waals surface area contributed by atoms with Crippen molar-refractivity contribution < 1.29 is 14.3 Å². The van der Waals surface area contributed by atoms with Gasteiger partial charge < -0.3 is 14.4 Å². The van der Waals surface area contributed by atoms with Crippen molar-refractivity contribution in [2.45, 2.75) is 25.8 Å². The van der Waals surface area contributed by atoms with E-state index in [1.54, 1.807) is 0 Å². The molecule has 0 saturated carbocycles. The highest BCUT2D eigenvalue weighted by Crippen LogP contribution is 2.35. The lowest BCUT2D eigenvalue weighted by molar-refractivity contribution is -0.132. The van der Waals surface area contributed by atoms with E-state index in [0.29, 0.717) is 26.2 Å². The third-order valence-electron chi connectivity index (χ3n) is 4.70. The summed E-state index contributed by atoms with van der Waals surface area (Å²) >= 11 is 0. The fraction of sp³-hybridized carbons (Fsp3) is 0.350. The molecule has 0 radical (unpaired) electrons. The zero-order valence-corrected chi connectivity index (χ0v) is 13.7. The van der Waals surface area contributed by atoms with Gasteiger partial charge in [0, 0.05) is 19.5 Å². The molecule has 2 aliphatic heterocycles. The third kappa shape index (κ3) is 3.09. The summed E-state index contributed by atoms with van der Waals surface area (Å²) in [6, 6.07) is 14.3. The number of carbonyl (C=O) groups is 1. The van der Waals surface area contributed by atoms with E-state index in [9.17, 15) is 4.79 Å². The van der Waals surface area contributed by atoms with Crippen molar-refractivity contribution in [2.75, 3.05) is 19.8 Å². The molecule has 0 atom stereocenters. The molecule has 0 bridgehead atoms. The molecule has 24 heavy (non-hydrogen) atoms. The number of benzene rings is 2. The summed E-state index contributed by atoms with van der Waals surface area (Å²) < 4.78 is 11.3. The molecule has 2 aromatic rings. The van der Waals surface area contributed by atoms with Crippen LogP contribution in [0.2, 0.25) is 0 Å². The van der Waals surface area contributed by atoms with Crippen molar-refractivity contribution in [3.63, 3.8) is 0 Å². The van der Waals surface area contributed by atoms with Crippen LogP contribution in [-0.2, 0) is 24.2 Å². The van der Waals surface area contributed by atoms with Gasteiger partial charge in [0.2, 0.25) is 5.91 Å². The van der Waals surface area contributed by atoms with Crippen LogP contribution >= 0.6 is 0 Å². The standard InChI is InChI=1S/C20H21NO3/c22-20(7-6-15-4-2-1-3-5-15)21-9-8-16-12-18-19(13-17(16)14-21)24-11-10-23-18/h1-5,12-13H,6-11,14H2. The molecule has 0 saturated heterocycles. The van der Waals surface area contributed by atoms with Gasteiger partial charge in [-0.15, -0.1) is 0 Å². The lowest BCUT2D eigenvalue weighted by atomic mass is 9.98. The Labute approximate surface area is 142 Å². The Morgan fingerprint density at radius 2 is 1.71 bits per heavy atom. The van der Waals surface area contributed by atoms with Crippen LogP contribution < -0.4 is 9.47 Å². The van der Waals surface area contributed by atoms with Crippen LogP contribution in [0.15, 0.2) is 42.5 Å². The number of hydrogen-bond donors (Lipinski definition) is 0. The van der Waals surface area contributed by atoms with Gasteiger partial charge in [0.25, 0.3) is 0 Å². The first-order valence-corrected chi connectivity index (χ1v) is 8.53. The normalized spacial score (nSPS) is 15.8. The molecule has 4 heteroatoms. The summed E-state index contributed by atoms with van der Waals surface area (Å²) in [5.74, 6) is 1.86. The van der Waals surface area contributed by atoms with Crippen molar-refractivity contribution in [2.24, 2.45) is 0 Å². The highest BCUT2D eigenvalue weighted by Gasteiger charge is 2.23. The molecule has 0 fully saturated rings. The maximum Gasteiger partial charge on any atom is 0.223 e. The number of rotatable bonds is 3. The van der Waals surface area contributed by atoms with E-state index in [-0.39, 0.29) is 5.91 Å². The Hall–Kier alpha value is -2.49. The quantitative estimate of drug-likeness (QED) is 0.872. The molecular formula is C20H21NO3. The second-order valence-corrected chi connectivity index (χ2v) is 6.32. The van der Waals surface area contributed by atoms with Crippen LogP contribution in [0.3, 0.4) is 0 Å². The molecule has 4 nitrogen and oxygen atoms in total. The minimum Gasteiger partial charge on any atom is -0.486 e. The van der Waals surface area contributed by atoms with E-state index in [1.165, 1.54) is 16.7 Å². The average Bonchev–Trinajstić information content (AvgIpc) is 2.64. The zero-order valence-electron chi connectivity index (χ0n) is 13.7. The van der Waals surface area contributed by atoms with E-state index in [0.717, 1.165) is 30.9 Å². The van der Waals surface area contributed by atoms with Crippen molar-refractivity contribution in [1.29, 1.82) is 0 Å². The second kappa shape index (κ2) is 6.56. The highest BCUT2D eigenvalue weighted by molar-refractivity contribution is 5.77. The van der Waals surface area contributed by atoms with Crippen molar-refractivity contribution in [1.82, 2.24) is 4.90 Å². The minimum absolute atomic E-state index is 0.222. The molecule has 0 spiro atoms. The molecule has 0 unspecified atom stereocenters. The van der Waals surface area contributed by atoms with Crippen LogP contribution in [0.4, 0.5) is 0 Å². The first-order chi connectivity index (χ1) is 11.8. The fourth-order valence-electron chi connectivity index (χ4n) is 3.36. The number of fused-ring (bicyclic) bond motifs is 2. The van der Waals surface area contributed by atoms with Crippen LogP contribution in [0.5, 0.6) is 11.5 Å². The van der Waals surface area contributed by atoms with Crippen LogP contribution in [-0.4, -0.2) is 30.6 Å². The van der Waals surface area contributed by atoms with Gasteiger partial charge >= 0.3 is 0 Å². The molecule has 4 rings (SSSR count). The molecule has 2 aliphatic rings. The summed E-state index contributed by atoms with van der Waals surface area (Å²) in [5, 5.41) is 0. The van der Waals surface area contributed by atoms with E-state index >= 15 is 0 Å². The van der Waals surface area contributed by atoms with Gasteiger partial charge in [-0.3, -0.25) is 4.79 Å². The second-order valence-electron chi connectivity index (χ2n) is 6.32. The van der Waals surface area contributed by atoms with Gasteiger partial charge in [-0.1, -0.05) is 30.3 Å². The van der Waals surface area contributed by atoms with Gasteiger partial charge in [0.1, 0.15) is 13.2 Å². The Morgan fingerprint density at radius 3 is 2.46 bits per heavy atom. The van der Waals surface area contributed by atoms with Gasteiger partial charge in [-0.25, -0.2) is 0 Å². The van der Waals surface area contributed by atoms with Gasteiger partial charge in [-0.05, 0) is 41.7 Å². The summed E-state index contributed by atoms with van der Waals surface area (Å²) in [5.41, 5.74) is 3.66. The van der Waals surface area contributed by atoms with Crippen molar-refractivity contribution in [3.8, 4) is 11.5 Å². The maximum atomic E-state index is 12.5. The molecular weight excluding hydrogens is 302 g/mol. The number of ether oxygens (including phenoxy) is 2. The number of amides is 1.